The first-order valence-electron chi connectivity index (χ1n) is 8.75. The molecular formula is C19H22N2O3S2. The van der Waals surface area contributed by atoms with Gasteiger partial charge in [-0.1, -0.05) is 42.1 Å². The van der Waals surface area contributed by atoms with E-state index < -0.39 is 0 Å². The van der Waals surface area contributed by atoms with Crippen LogP contribution in [0.4, 0.5) is 0 Å². The standard InChI is InChI=1S/C19H22N2O3S2/c1-2-24-18(23)15-8-10-21(11-9-15)17(22)13-26-19-20-16(12-25-19)14-6-4-3-5-7-14/h3-7,12,15H,2,8-11,13H2,1H3. The molecule has 1 amide bonds. The summed E-state index contributed by atoms with van der Waals surface area (Å²) in [4.78, 5) is 30.6. The van der Waals surface area contributed by atoms with Crippen LogP contribution in [0.1, 0.15) is 19.8 Å². The number of thioether (sulfide) groups is 1. The normalized spacial score (nSPS) is 15.0. The number of carbonyl (C=O) groups excluding carboxylic acids is 2. The van der Waals surface area contributed by atoms with E-state index in [9.17, 15) is 9.59 Å². The maximum absolute atomic E-state index is 12.4. The van der Waals surface area contributed by atoms with E-state index in [0.717, 1.165) is 15.6 Å². The van der Waals surface area contributed by atoms with Crippen molar-refractivity contribution in [2.75, 3.05) is 25.4 Å². The zero-order valence-electron chi connectivity index (χ0n) is 14.7. The molecule has 0 saturated carbocycles. The van der Waals surface area contributed by atoms with Crippen LogP contribution in [-0.2, 0) is 14.3 Å². The van der Waals surface area contributed by atoms with Crippen molar-refractivity contribution in [2.24, 2.45) is 5.92 Å². The molecule has 2 aromatic rings. The molecule has 0 unspecified atom stereocenters. The van der Waals surface area contributed by atoms with Crippen molar-refractivity contribution >= 4 is 35.0 Å². The number of piperidine rings is 1. The predicted octanol–water partition coefficient (Wildman–Crippen LogP) is 3.70. The number of ether oxygens (including phenoxy) is 1. The minimum Gasteiger partial charge on any atom is -0.466 e. The first kappa shape index (κ1) is 18.9. The number of benzene rings is 1. The van der Waals surface area contributed by atoms with Gasteiger partial charge in [0.1, 0.15) is 0 Å². The maximum atomic E-state index is 12.4. The fraction of sp³-hybridized carbons (Fsp3) is 0.421. The van der Waals surface area contributed by atoms with E-state index in [-0.39, 0.29) is 17.8 Å². The molecule has 0 atom stereocenters. The molecule has 1 aliphatic heterocycles. The number of amides is 1. The molecule has 1 fully saturated rings. The highest BCUT2D eigenvalue weighted by Gasteiger charge is 2.28. The molecule has 1 saturated heterocycles. The highest BCUT2D eigenvalue weighted by Crippen LogP contribution is 2.28. The SMILES string of the molecule is CCOC(=O)C1CCN(C(=O)CSc2nc(-c3ccccc3)cs2)CC1. The Morgan fingerprint density at radius 1 is 1.27 bits per heavy atom. The Kier molecular flexibility index (Phi) is 6.68. The number of hydrogen-bond acceptors (Lipinski definition) is 6. The number of nitrogens with zero attached hydrogens (tertiary/aromatic N) is 2. The smallest absolute Gasteiger partial charge is 0.309 e. The number of carbonyl (C=O) groups is 2. The first-order valence-corrected chi connectivity index (χ1v) is 10.6. The molecule has 1 aromatic heterocycles. The second-order valence-electron chi connectivity index (χ2n) is 6.06. The summed E-state index contributed by atoms with van der Waals surface area (Å²) >= 11 is 3.04. The fourth-order valence-electron chi connectivity index (χ4n) is 2.90. The average molecular weight is 391 g/mol. The topological polar surface area (TPSA) is 59.5 Å². The molecule has 7 heteroatoms. The minimum absolute atomic E-state index is 0.0703. The summed E-state index contributed by atoms with van der Waals surface area (Å²) in [6.07, 6.45) is 1.37. The minimum atomic E-state index is -0.134. The van der Waals surface area contributed by atoms with Crippen LogP contribution in [0.2, 0.25) is 0 Å². The predicted molar refractivity (Wildman–Crippen MR) is 104 cm³/mol. The van der Waals surface area contributed by atoms with Gasteiger partial charge in [-0.15, -0.1) is 11.3 Å². The van der Waals surface area contributed by atoms with Crippen molar-refractivity contribution in [1.82, 2.24) is 9.88 Å². The molecule has 0 spiro atoms. The molecular weight excluding hydrogens is 368 g/mol. The summed E-state index contributed by atoms with van der Waals surface area (Å²) in [6.45, 7) is 3.47. The van der Waals surface area contributed by atoms with E-state index in [4.69, 9.17) is 4.74 Å². The third kappa shape index (κ3) is 4.86. The number of rotatable bonds is 6. The van der Waals surface area contributed by atoms with Gasteiger partial charge in [0.2, 0.25) is 5.91 Å². The second kappa shape index (κ2) is 9.19. The highest BCUT2D eigenvalue weighted by molar-refractivity contribution is 8.01. The zero-order valence-corrected chi connectivity index (χ0v) is 16.4. The van der Waals surface area contributed by atoms with E-state index in [1.807, 2.05) is 47.5 Å². The number of hydrogen-bond donors (Lipinski definition) is 0. The molecule has 0 radical (unpaired) electrons. The Morgan fingerprint density at radius 3 is 2.69 bits per heavy atom. The Bertz CT molecular complexity index is 740. The van der Waals surface area contributed by atoms with E-state index >= 15 is 0 Å². The van der Waals surface area contributed by atoms with Crippen LogP contribution < -0.4 is 0 Å². The largest absolute Gasteiger partial charge is 0.466 e. The van der Waals surface area contributed by atoms with Crippen LogP contribution in [0.25, 0.3) is 11.3 Å². The number of likely N-dealkylation sites (tertiary alicyclic amines) is 1. The van der Waals surface area contributed by atoms with Crippen molar-refractivity contribution in [1.29, 1.82) is 0 Å². The lowest BCUT2D eigenvalue weighted by atomic mass is 9.97. The van der Waals surface area contributed by atoms with Crippen LogP contribution >= 0.6 is 23.1 Å². The van der Waals surface area contributed by atoms with Gasteiger partial charge in [0, 0.05) is 24.0 Å². The molecule has 0 N–H and O–H groups in total. The lowest BCUT2D eigenvalue weighted by Crippen LogP contribution is -2.41. The van der Waals surface area contributed by atoms with Gasteiger partial charge in [-0.05, 0) is 19.8 Å². The Morgan fingerprint density at radius 2 is 2.00 bits per heavy atom. The van der Waals surface area contributed by atoms with E-state index in [0.29, 0.717) is 38.3 Å². The monoisotopic (exact) mass is 390 g/mol. The van der Waals surface area contributed by atoms with Gasteiger partial charge >= 0.3 is 5.97 Å². The third-order valence-electron chi connectivity index (χ3n) is 4.34. The fourth-order valence-corrected chi connectivity index (χ4v) is 4.64. The molecule has 138 valence electrons. The zero-order chi connectivity index (χ0) is 18.4. The Hall–Kier alpha value is -1.86. The molecule has 0 aliphatic carbocycles. The van der Waals surface area contributed by atoms with Crippen molar-refractivity contribution in [3.05, 3.63) is 35.7 Å². The molecule has 0 bridgehead atoms. The third-order valence-corrected chi connectivity index (χ3v) is 6.35. The molecule has 2 heterocycles. The van der Waals surface area contributed by atoms with Crippen LogP contribution in [0.15, 0.2) is 40.1 Å². The van der Waals surface area contributed by atoms with Gasteiger partial charge in [-0.3, -0.25) is 9.59 Å². The van der Waals surface area contributed by atoms with E-state index in [2.05, 4.69) is 4.98 Å². The molecule has 1 aromatic carbocycles. The second-order valence-corrected chi connectivity index (χ2v) is 8.14. The summed E-state index contributed by atoms with van der Waals surface area (Å²) in [5, 5.41) is 2.02. The van der Waals surface area contributed by atoms with Crippen LogP contribution in [0, 0.1) is 5.92 Å². The van der Waals surface area contributed by atoms with Gasteiger partial charge in [0.05, 0.1) is 24.0 Å². The van der Waals surface area contributed by atoms with Gasteiger partial charge in [0.15, 0.2) is 4.34 Å². The van der Waals surface area contributed by atoms with Crippen molar-refractivity contribution in [2.45, 2.75) is 24.1 Å². The summed E-state index contributed by atoms with van der Waals surface area (Å²) in [6, 6.07) is 10.0. The Balaban J connectivity index is 1.46. The van der Waals surface area contributed by atoms with E-state index in [1.54, 1.807) is 11.3 Å². The van der Waals surface area contributed by atoms with Crippen molar-refractivity contribution in [3.63, 3.8) is 0 Å². The van der Waals surface area contributed by atoms with Crippen molar-refractivity contribution < 1.29 is 14.3 Å². The van der Waals surface area contributed by atoms with Crippen LogP contribution in [0.3, 0.4) is 0 Å². The molecule has 1 aliphatic rings. The molecule has 5 nitrogen and oxygen atoms in total. The highest BCUT2D eigenvalue weighted by atomic mass is 32.2. The number of esters is 1. The molecule has 26 heavy (non-hydrogen) atoms. The lowest BCUT2D eigenvalue weighted by molar-refractivity contribution is -0.151. The quantitative estimate of drug-likeness (QED) is 0.556. The maximum Gasteiger partial charge on any atom is 0.309 e. The van der Waals surface area contributed by atoms with Gasteiger partial charge in [-0.25, -0.2) is 4.98 Å². The summed E-state index contributed by atoms with van der Waals surface area (Å²) < 4.78 is 5.97. The summed E-state index contributed by atoms with van der Waals surface area (Å²) in [5.41, 5.74) is 2.03. The average Bonchev–Trinajstić information content (AvgIpc) is 3.16. The lowest BCUT2D eigenvalue weighted by Gasteiger charge is -2.30. The summed E-state index contributed by atoms with van der Waals surface area (Å²) in [7, 11) is 0. The van der Waals surface area contributed by atoms with Crippen molar-refractivity contribution in [3.8, 4) is 11.3 Å². The Labute approximate surface area is 161 Å². The van der Waals surface area contributed by atoms with Gasteiger partial charge in [0.25, 0.3) is 0 Å². The summed E-state index contributed by atoms with van der Waals surface area (Å²) in [5.74, 6) is 0.282. The van der Waals surface area contributed by atoms with Gasteiger partial charge in [-0.2, -0.15) is 0 Å². The number of thiazole rings is 1. The van der Waals surface area contributed by atoms with Crippen LogP contribution in [0.5, 0.6) is 0 Å². The van der Waals surface area contributed by atoms with E-state index in [1.165, 1.54) is 11.8 Å². The first-order chi connectivity index (χ1) is 12.7. The molecule has 3 rings (SSSR count). The number of aromatic nitrogens is 1. The van der Waals surface area contributed by atoms with Crippen LogP contribution in [-0.4, -0.2) is 47.2 Å². The van der Waals surface area contributed by atoms with Gasteiger partial charge < -0.3 is 9.64 Å².